The Labute approximate surface area is 118 Å². The lowest BCUT2D eigenvalue weighted by atomic mass is 9.89. The van der Waals surface area contributed by atoms with Crippen molar-refractivity contribution in [1.82, 2.24) is 0 Å². The average molecular weight is 267 g/mol. The Morgan fingerprint density at radius 3 is 2.40 bits per heavy atom. The van der Waals surface area contributed by atoms with E-state index in [-0.39, 0.29) is 5.78 Å². The molecule has 102 valence electrons. The van der Waals surface area contributed by atoms with Crippen LogP contribution in [0.2, 0.25) is 0 Å². The summed E-state index contributed by atoms with van der Waals surface area (Å²) in [7, 11) is 0. The number of nitrogens with zero attached hydrogens (tertiary/aromatic N) is 1. The number of nitriles is 1. The van der Waals surface area contributed by atoms with Gasteiger partial charge < -0.3 is 4.42 Å². The second kappa shape index (κ2) is 5.34. The number of benzene rings is 1. The third kappa shape index (κ3) is 2.37. The van der Waals surface area contributed by atoms with Gasteiger partial charge in [0.25, 0.3) is 0 Å². The summed E-state index contributed by atoms with van der Waals surface area (Å²) >= 11 is 0. The molecule has 0 aliphatic heterocycles. The van der Waals surface area contributed by atoms with Crippen LogP contribution >= 0.6 is 0 Å². The number of Topliss-reactive ketones (excluding diaryl/α,β-unsaturated/α-hetero) is 1. The van der Waals surface area contributed by atoms with Crippen LogP contribution < -0.4 is 0 Å². The highest BCUT2D eigenvalue weighted by atomic mass is 16.3. The molecule has 3 heteroatoms. The van der Waals surface area contributed by atoms with Gasteiger partial charge in [0.1, 0.15) is 17.4 Å². The Kier molecular flexibility index (Phi) is 3.76. The van der Waals surface area contributed by atoms with Crippen LogP contribution in [0.5, 0.6) is 0 Å². The summed E-state index contributed by atoms with van der Waals surface area (Å²) < 4.78 is 5.49. The molecule has 2 rings (SSSR count). The molecule has 1 atom stereocenters. The molecule has 0 N–H and O–H groups in total. The van der Waals surface area contributed by atoms with Gasteiger partial charge in [-0.2, -0.15) is 5.26 Å². The van der Waals surface area contributed by atoms with Gasteiger partial charge in [-0.1, -0.05) is 29.8 Å². The second-order valence-corrected chi connectivity index (χ2v) is 5.05. The number of carbonyl (C=O) groups excluding carboxylic acids is 1. The highest BCUT2D eigenvalue weighted by Crippen LogP contribution is 2.28. The normalized spacial score (nSPS) is 11.9. The van der Waals surface area contributed by atoms with E-state index in [1.165, 1.54) is 0 Å². The van der Waals surface area contributed by atoms with Gasteiger partial charge in [0.15, 0.2) is 5.78 Å². The van der Waals surface area contributed by atoms with Crippen LogP contribution in [0.15, 0.2) is 28.7 Å². The van der Waals surface area contributed by atoms with E-state index in [2.05, 4.69) is 6.07 Å². The van der Waals surface area contributed by atoms with Gasteiger partial charge >= 0.3 is 0 Å². The summed E-state index contributed by atoms with van der Waals surface area (Å²) in [6, 6.07) is 9.62. The van der Waals surface area contributed by atoms with E-state index in [4.69, 9.17) is 4.42 Å². The number of aryl methyl sites for hydroxylation is 3. The standard InChI is InChI=1S/C17H17NO2/c1-10-6-5-7-14(8-10)15(9-18)17(19)16-11(2)12(3)20-13(16)4/h5-8,15H,1-4H3. The molecule has 0 bridgehead atoms. The number of ketones is 1. The third-order valence-electron chi connectivity index (χ3n) is 3.57. The Morgan fingerprint density at radius 1 is 1.20 bits per heavy atom. The van der Waals surface area contributed by atoms with Crippen LogP contribution in [-0.2, 0) is 0 Å². The first kappa shape index (κ1) is 14.1. The smallest absolute Gasteiger partial charge is 0.188 e. The van der Waals surface area contributed by atoms with Crippen LogP contribution in [0.4, 0.5) is 0 Å². The molecule has 20 heavy (non-hydrogen) atoms. The van der Waals surface area contributed by atoms with Crippen molar-refractivity contribution in [2.45, 2.75) is 33.6 Å². The van der Waals surface area contributed by atoms with Gasteiger partial charge in [0.05, 0.1) is 11.6 Å². The Morgan fingerprint density at radius 2 is 1.90 bits per heavy atom. The van der Waals surface area contributed by atoms with Crippen molar-refractivity contribution in [1.29, 1.82) is 5.26 Å². The minimum atomic E-state index is -0.788. The first-order valence-electron chi connectivity index (χ1n) is 6.52. The van der Waals surface area contributed by atoms with E-state index in [1.807, 2.05) is 45.0 Å². The molecule has 0 aliphatic rings. The van der Waals surface area contributed by atoms with Crippen molar-refractivity contribution in [3.8, 4) is 6.07 Å². The summed E-state index contributed by atoms with van der Waals surface area (Å²) in [4.78, 5) is 12.7. The largest absolute Gasteiger partial charge is 0.466 e. The topological polar surface area (TPSA) is 54.0 Å². The van der Waals surface area contributed by atoms with E-state index in [0.29, 0.717) is 11.3 Å². The maximum Gasteiger partial charge on any atom is 0.188 e. The summed E-state index contributed by atoms with van der Waals surface area (Å²) in [5.41, 5.74) is 3.12. The highest BCUT2D eigenvalue weighted by molar-refractivity contribution is 6.04. The molecule has 1 aromatic carbocycles. The lowest BCUT2D eigenvalue weighted by molar-refractivity contribution is 0.0977. The molecule has 1 unspecified atom stereocenters. The van der Waals surface area contributed by atoms with Crippen molar-refractivity contribution in [3.63, 3.8) is 0 Å². The minimum absolute atomic E-state index is 0.190. The molecular weight excluding hydrogens is 250 g/mol. The number of rotatable bonds is 3. The summed E-state index contributed by atoms with van der Waals surface area (Å²) in [6.45, 7) is 7.38. The van der Waals surface area contributed by atoms with Gasteiger partial charge in [-0.3, -0.25) is 4.79 Å². The van der Waals surface area contributed by atoms with Crippen molar-refractivity contribution < 1.29 is 9.21 Å². The lowest BCUT2D eigenvalue weighted by Gasteiger charge is -2.09. The molecule has 2 aromatic rings. The predicted octanol–water partition coefficient (Wildman–Crippen LogP) is 4.00. The van der Waals surface area contributed by atoms with Crippen molar-refractivity contribution >= 4 is 5.78 Å². The van der Waals surface area contributed by atoms with Gasteiger partial charge in [-0.25, -0.2) is 0 Å². The lowest BCUT2D eigenvalue weighted by Crippen LogP contribution is -2.13. The van der Waals surface area contributed by atoms with Crippen LogP contribution in [-0.4, -0.2) is 5.78 Å². The Balaban J connectivity index is 2.48. The van der Waals surface area contributed by atoms with Crippen LogP contribution in [0.3, 0.4) is 0 Å². The van der Waals surface area contributed by atoms with Gasteiger partial charge in [0, 0.05) is 5.56 Å². The van der Waals surface area contributed by atoms with Crippen molar-refractivity contribution in [2.24, 2.45) is 0 Å². The molecule has 0 saturated heterocycles. The predicted molar refractivity (Wildman–Crippen MR) is 76.8 cm³/mol. The quantitative estimate of drug-likeness (QED) is 0.790. The van der Waals surface area contributed by atoms with Crippen LogP contribution in [0, 0.1) is 39.0 Å². The van der Waals surface area contributed by atoms with Crippen molar-refractivity contribution in [2.75, 3.05) is 0 Å². The number of hydrogen-bond acceptors (Lipinski definition) is 3. The summed E-state index contributed by atoms with van der Waals surface area (Å²) in [6.07, 6.45) is 0. The van der Waals surface area contributed by atoms with Crippen LogP contribution in [0.1, 0.15) is 44.5 Å². The maximum atomic E-state index is 12.7. The molecule has 0 amide bonds. The zero-order valence-corrected chi connectivity index (χ0v) is 12.2. The number of furan rings is 1. The zero-order valence-electron chi connectivity index (χ0n) is 12.2. The molecule has 0 aliphatic carbocycles. The molecular formula is C17H17NO2. The fourth-order valence-corrected chi connectivity index (χ4v) is 2.43. The van der Waals surface area contributed by atoms with Gasteiger partial charge in [0.2, 0.25) is 0 Å². The Hall–Kier alpha value is -2.34. The fourth-order valence-electron chi connectivity index (χ4n) is 2.43. The van der Waals surface area contributed by atoms with E-state index < -0.39 is 5.92 Å². The summed E-state index contributed by atoms with van der Waals surface area (Å²) in [5, 5.41) is 9.39. The first-order chi connectivity index (χ1) is 9.45. The third-order valence-corrected chi connectivity index (χ3v) is 3.57. The molecule has 0 fully saturated rings. The SMILES string of the molecule is Cc1cccc(C(C#N)C(=O)c2c(C)oc(C)c2C)c1. The van der Waals surface area contributed by atoms with Gasteiger partial charge in [-0.15, -0.1) is 0 Å². The summed E-state index contributed by atoms with van der Waals surface area (Å²) in [5.74, 6) is 0.332. The minimum Gasteiger partial charge on any atom is -0.466 e. The molecule has 0 spiro atoms. The monoisotopic (exact) mass is 267 g/mol. The molecule has 0 radical (unpaired) electrons. The highest BCUT2D eigenvalue weighted by Gasteiger charge is 2.27. The van der Waals surface area contributed by atoms with E-state index in [9.17, 15) is 10.1 Å². The maximum absolute atomic E-state index is 12.7. The first-order valence-corrected chi connectivity index (χ1v) is 6.52. The number of hydrogen-bond donors (Lipinski definition) is 0. The molecule has 3 nitrogen and oxygen atoms in total. The zero-order chi connectivity index (χ0) is 14.9. The average Bonchev–Trinajstić information content (AvgIpc) is 2.64. The molecule has 1 aromatic heterocycles. The molecule has 0 saturated carbocycles. The van der Waals surface area contributed by atoms with E-state index in [0.717, 1.165) is 22.5 Å². The van der Waals surface area contributed by atoms with Crippen LogP contribution in [0.25, 0.3) is 0 Å². The number of carbonyl (C=O) groups is 1. The Bertz CT molecular complexity index is 704. The fraction of sp³-hybridized carbons (Fsp3) is 0.294. The van der Waals surface area contributed by atoms with E-state index >= 15 is 0 Å². The van der Waals surface area contributed by atoms with Crippen molar-refractivity contribution in [3.05, 3.63) is 58.0 Å². The van der Waals surface area contributed by atoms with Gasteiger partial charge in [-0.05, 0) is 33.3 Å². The van der Waals surface area contributed by atoms with E-state index in [1.54, 1.807) is 6.92 Å². The second-order valence-electron chi connectivity index (χ2n) is 5.05. The molecule has 1 heterocycles.